The van der Waals surface area contributed by atoms with Crippen LogP contribution in [0.15, 0.2) is 39.4 Å². The quantitative estimate of drug-likeness (QED) is 0.939. The zero-order chi connectivity index (χ0) is 12.3. The first kappa shape index (κ1) is 11.7. The molecule has 2 aromatic rings. The summed E-state index contributed by atoms with van der Waals surface area (Å²) >= 11 is 3.33. The van der Waals surface area contributed by atoms with E-state index in [1.807, 2.05) is 18.2 Å². The minimum absolute atomic E-state index is 0.0793. The molecule has 5 nitrogen and oxygen atoms in total. The number of hydrogen-bond acceptors (Lipinski definition) is 4. The minimum Gasteiger partial charge on any atom is -0.483 e. The summed E-state index contributed by atoms with van der Waals surface area (Å²) in [6.45, 7) is 0.0793. The molecule has 0 aliphatic rings. The Labute approximate surface area is 105 Å². The Balaban J connectivity index is 2.02. The average Bonchev–Trinajstić information content (AvgIpc) is 2.77. The number of ether oxygens (including phenoxy) is 1. The van der Waals surface area contributed by atoms with Gasteiger partial charge >= 0.3 is 5.97 Å². The third kappa shape index (κ3) is 2.85. The van der Waals surface area contributed by atoms with Gasteiger partial charge in [-0.25, -0.2) is 9.78 Å². The van der Waals surface area contributed by atoms with Crippen molar-refractivity contribution in [3.8, 4) is 5.75 Å². The van der Waals surface area contributed by atoms with Gasteiger partial charge in [0.05, 0.1) is 10.7 Å². The molecule has 0 bridgehead atoms. The number of carboxylic acid groups (broad SMARTS) is 1. The molecule has 0 fully saturated rings. The van der Waals surface area contributed by atoms with Crippen LogP contribution in [0.1, 0.15) is 16.4 Å². The normalized spacial score (nSPS) is 10.2. The summed E-state index contributed by atoms with van der Waals surface area (Å²) in [6, 6.07) is 7.32. The van der Waals surface area contributed by atoms with E-state index in [2.05, 4.69) is 20.9 Å². The van der Waals surface area contributed by atoms with Crippen LogP contribution in [0.2, 0.25) is 0 Å². The molecule has 0 atom stereocenters. The predicted octanol–water partition coefficient (Wildman–Crippen LogP) is 2.71. The SMILES string of the molecule is O=C(O)c1cnc(COc2ccccc2Br)o1. The third-order valence-corrected chi connectivity index (χ3v) is 2.61. The van der Waals surface area contributed by atoms with Crippen molar-refractivity contribution in [2.24, 2.45) is 0 Å². The van der Waals surface area contributed by atoms with Crippen LogP contribution in [0, 0.1) is 0 Å². The molecule has 0 amide bonds. The molecule has 1 aromatic carbocycles. The number of nitrogens with zero attached hydrogens (tertiary/aromatic N) is 1. The molecule has 2 rings (SSSR count). The first-order valence-electron chi connectivity index (χ1n) is 4.72. The molecule has 0 saturated carbocycles. The van der Waals surface area contributed by atoms with Gasteiger partial charge in [0.15, 0.2) is 6.61 Å². The van der Waals surface area contributed by atoms with Crippen molar-refractivity contribution >= 4 is 21.9 Å². The van der Waals surface area contributed by atoms with Crippen LogP contribution < -0.4 is 4.74 Å². The molecule has 6 heteroatoms. The van der Waals surface area contributed by atoms with Gasteiger partial charge in [-0.15, -0.1) is 0 Å². The summed E-state index contributed by atoms with van der Waals surface area (Å²) < 4.78 is 11.2. The van der Waals surface area contributed by atoms with E-state index in [0.29, 0.717) is 5.75 Å². The van der Waals surface area contributed by atoms with Crippen LogP contribution in [-0.4, -0.2) is 16.1 Å². The lowest BCUT2D eigenvalue weighted by molar-refractivity contribution is 0.0658. The Morgan fingerprint density at radius 1 is 1.47 bits per heavy atom. The standard InChI is InChI=1S/C11H8BrNO4/c12-7-3-1-2-4-8(7)16-6-10-13-5-9(17-10)11(14)15/h1-5H,6H2,(H,14,15). The van der Waals surface area contributed by atoms with Gasteiger partial charge in [0, 0.05) is 0 Å². The summed E-state index contributed by atoms with van der Waals surface area (Å²) in [7, 11) is 0. The fourth-order valence-electron chi connectivity index (χ4n) is 1.18. The van der Waals surface area contributed by atoms with Gasteiger partial charge in [-0.2, -0.15) is 0 Å². The van der Waals surface area contributed by atoms with E-state index >= 15 is 0 Å². The molecule has 1 heterocycles. The molecule has 0 saturated heterocycles. The second kappa shape index (κ2) is 5.01. The number of benzene rings is 1. The first-order chi connectivity index (χ1) is 8.16. The van der Waals surface area contributed by atoms with Crippen molar-refractivity contribution in [1.29, 1.82) is 0 Å². The van der Waals surface area contributed by atoms with Gasteiger partial charge in [-0.3, -0.25) is 0 Å². The summed E-state index contributed by atoms with van der Waals surface area (Å²) in [5.74, 6) is -0.485. The van der Waals surface area contributed by atoms with Crippen LogP contribution in [-0.2, 0) is 6.61 Å². The van der Waals surface area contributed by atoms with Crippen LogP contribution in [0.5, 0.6) is 5.75 Å². The molecule has 0 aliphatic carbocycles. The van der Waals surface area contributed by atoms with Crippen molar-refractivity contribution in [3.63, 3.8) is 0 Å². The van der Waals surface area contributed by atoms with Crippen LogP contribution in [0.25, 0.3) is 0 Å². The van der Waals surface area contributed by atoms with E-state index in [0.717, 1.165) is 10.7 Å². The molecule has 17 heavy (non-hydrogen) atoms. The maximum absolute atomic E-state index is 10.6. The fraction of sp³-hybridized carbons (Fsp3) is 0.0909. The number of rotatable bonds is 4. The molecule has 88 valence electrons. The van der Waals surface area contributed by atoms with E-state index in [9.17, 15) is 4.79 Å². The highest BCUT2D eigenvalue weighted by atomic mass is 79.9. The maximum Gasteiger partial charge on any atom is 0.373 e. The highest BCUT2D eigenvalue weighted by Gasteiger charge is 2.11. The first-order valence-corrected chi connectivity index (χ1v) is 5.51. The number of oxazole rings is 1. The molecular formula is C11H8BrNO4. The van der Waals surface area contributed by atoms with E-state index in [1.165, 1.54) is 0 Å². The monoisotopic (exact) mass is 297 g/mol. The number of carboxylic acids is 1. The topological polar surface area (TPSA) is 72.6 Å². The minimum atomic E-state index is -1.15. The lowest BCUT2D eigenvalue weighted by Gasteiger charge is -2.04. The summed E-state index contributed by atoms with van der Waals surface area (Å²) in [4.78, 5) is 14.4. The van der Waals surface area contributed by atoms with Crippen molar-refractivity contribution in [3.05, 3.63) is 46.6 Å². The van der Waals surface area contributed by atoms with Gasteiger partial charge in [-0.05, 0) is 28.1 Å². The Morgan fingerprint density at radius 3 is 2.88 bits per heavy atom. The molecule has 0 radical (unpaired) electrons. The van der Waals surface area contributed by atoms with Crippen LogP contribution in [0.3, 0.4) is 0 Å². The molecule has 0 unspecified atom stereocenters. The van der Waals surface area contributed by atoms with Gasteiger partial charge in [-0.1, -0.05) is 12.1 Å². The molecule has 1 N–H and O–H groups in total. The predicted molar refractivity (Wildman–Crippen MR) is 61.9 cm³/mol. The second-order valence-electron chi connectivity index (χ2n) is 3.14. The van der Waals surface area contributed by atoms with Gasteiger partial charge in [0.25, 0.3) is 0 Å². The van der Waals surface area contributed by atoms with Crippen molar-refractivity contribution in [1.82, 2.24) is 4.98 Å². The second-order valence-corrected chi connectivity index (χ2v) is 4.00. The van der Waals surface area contributed by atoms with E-state index in [4.69, 9.17) is 14.3 Å². The number of aromatic nitrogens is 1. The Morgan fingerprint density at radius 2 is 2.24 bits per heavy atom. The fourth-order valence-corrected chi connectivity index (χ4v) is 1.58. The van der Waals surface area contributed by atoms with Crippen LogP contribution >= 0.6 is 15.9 Å². The van der Waals surface area contributed by atoms with E-state index in [1.54, 1.807) is 6.07 Å². The lowest BCUT2D eigenvalue weighted by Crippen LogP contribution is -1.96. The Bertz CT molecular complexity index is 538. The van der Waals surface area contributed by atoms with Gasteiger partial charge in [0.1, 0.15) is 5.75 Å². The molecular weight excluding hydrogens is 290 g/mol. The number of hydrogen-bond donors (Lipinski definition) is 1. The lowest BCUT2D eigenvalue weighted by atomic mass is 10.3. The van der Waals surface area contributed by atoms with E-state index < -0.39 is 5.97 Å². The zero-order valence-electron chi connectivity index (χ0n) is 8.59. The number of carbonyl (C=O) groups is 1. The summed E-state index contributed by atoms with van der Waals surface area (Å²) in [6.07, 6.45) is 1.15. The largest absolute Gasteiger partial charge is 0.483 e. The van der Waals surface area contributed by atoms with Crippen molar-refractivity contribution in [2.75, 3.05) is 0 Å². The van der Waals surface area contributed by atoms with Gasteiger partial charge in [0.2, 0.25) is 11.7 Å². The van der Waals surface area contributed by atoms with Crippen molar-refractivity contribution < 1.29 is 19.1 Å². The number of aromatic carboxylic acids is 1. The smallest absolute Gasteiger partial charge is 0.373 e. The zero-order valence-corrected chi connectivity index (χ0v) is 10.2. The Kier molecular flexibility index (Phi) is 3.43. The highest BCUT2D eigenvalue weighted by molar-refractivity contribution is 9.10. The third-order valence-electron chi connectivity index (χ3n) is 1.95. The summed E-state index contributed by atoms with van der Waals surface area (Å²) in [5, 5.41) is 8.65. The van der Waals surface area contributed by atoms with Crippen molar-refractivity contribution in [2.45, 2.75) is 6.61 Å². The molecule has 0 spiro atoms. The van der Waals surface area contributed by atoms with E-state index in [-0.39, 0.29) is 18.3 Å². The number of halogens is 1. The van der Waals surface area contributed by atoms with Crippen LogP contribution in [0.4, 0.5) is 0 Å². The average molecular weight is 298 g/mol. The van der Waals surface area contributed by atoms with Gasteiger partial charge < -0.3 is 14.3 Å². The number of para-hydroxylation sites is 1. The maximum atomic E-state index is 10.6. The highest BCUT2D eigenvalue weighted by Crippen LogP contribution is 2.24. The molecule has 1 aromatic heterocycles. The molecule has 0 aliphatic heterocycles. The Hall–Kier alpha value is -1.82. The summed E-state index contributed by atoms with van der Waals surface area (Å²) in [5.41, 5.74) is 0.